The third kappa shape index (κ3) is 2.42. The summed E-state index contributed by atoms with van der Waals surface area (Å²) in [5.41, 5.74) is -0.0924. The molecule has 1 aromatic rings. The number of phenols is 1. The number of piperidine rings is 1. The minimum atomic E-state index is -0.676. The minimum absolute atomic E-state index is 0.181. The van der Waals surface area contributed by atoms with Gasteiger partial charge in [0.2, 0.25) is 0 Å². The number of hydrogen-bond acceptors (Lipinski definition) is 4. The predicted molar refractivity (Wildman–Crippen MR) is 64.5 cm³/mol. The van der Waals surface area contributed by atoms with E-state index in [-0.39, 0.29) is 11.6 Å². The summed E-state index contributed by atoms with van der Waals surface area (Å²) in [4.78, 5) is 23.7. The van der Waals surface area contributed by atoms with Crippen molar-refractivity contribution in [3.8, 4) is 5.75 Å². The molecule has 1 N–H and O–H groups in total. The number of benzene rings is 1. The molecule has 6 heteroatoms. The number of likely N-dealkylation sites (tertiary alicyclic amines) is 1. The molecule has 0 spiro atoms. The summed E-state index contributed by atoms with van der Waals surface area (Å²) in [6, 6.07) is 3.70. The van der Waals surface area contributed by atoms with E-state index in [4.69, 9.17) is 0 Å². The Morgan fingerprint density at radius 1 is 1.28 bits per heavy atom. The van der Waals surface area contributed by atoms with E-state index in [1.165, 1.54) is 6.07 Å². The number of rotatable bonds is 2. The first-order valence-electron chi connectivity index (χ1n) is 5.86. The van der Waals surface area contributed by atoms with Crippen LogP contribution in [0.25, 0.3) is 0 Å². The van der Waals surface area contributed by atoms with Crippen molar-refractivity contribution in [1.82, 2.24) is 4.90 Å². The van der Waals surface area contributed by atoms with E-state index in [0.717, 1.165) is 31.4 Å². The molecule has 1 saturated heterocycles. The van der Waals surface area contributed by atoms with Crippen LogP contribution in [0, 0.1) is 10.1 Å². The monoisotopic (exact) mass is 250 g/mol. The number of phenolic OH excluding ortho intramolecular Hbond substituents is 1. The summed E-state index contributed by atoms with van der Waals surface area (Å²) < 4.78 is 0. The van der Waals surface area contributed by atoms with E-state index < -0.39 is 10.7 Å². The van der Waals surface area contributed by atoms with Crippen molar-refractivity contribution in [1.29, 1.82) is 0 Å². The highest BCUT2D eigenvalue weighted by Gasteiger charge is 2.21. The molecule has 96 valence electrons. The molecule has 0 saturated carbocycles. The Balaban J connectivity index is 2.20. The van der Waals surface area contributed by atoms with Gasteiger partial charge in [-0.25, -0.2) is 0 Å². The molecular formula is C12H14N2O4. The molecule has 0 unspecified atom stereocenters. The van der Waals surface area contributed by atoms with Crippen LogP contribution in [0.2, 0.25) is 0 Å². The van der Waals surface area contributed by atoms with Crippen molar-refractivity contribution >= 4 is 11.6 Å². The molecule has 1 aromatic carbocycles. The fourth-order valence-corrected chi connectivity index (χ4v) is 2.09. The van der Waals surface area contributed by atoms with E-state index in [1.54, 1.807) is 4.90 Å². The van der Waals surface area contributed by atoms with Crippen molar-refractivity contribution in [2.24, 2.45) is 0 Å². The Morgan fingerprint density at radius 2 is 1.94 bits per heavy atom. The van der Waals surface area contributed by atoms with Gasteiger partial charge in [0.25, 0.3) is 5.91 Å². The van der Waals surface area contributed by atoms with Crippen LogP contribution in [-0.4, -0.2) is 33.9 Å². The highest BCUT2D eigenvalue weighted by molar-refractivity contribution is 5.95. The Morgan fingerprint density at radius 3 is 2.50 bits per heavy atom. The lowest BCUT2D eigenvalue weighted by Gasteiger charge is -2.26. The number of nitrogens with zero attached hydrogens (tertiary/aromatic N) is 2. The van der Waals surface area contributed by atoms with Gasteiger partial charge in [0.15, 0.2) is 5.75 Å². The molecule has 1 amide bonds. The van der Waals surface area contributed by atoms with E-state index >= 15 is 0 Å². The van der Waals surface area contributed by atoms with Crippen LogP contribution in [0.4, 0.5) is 5.69 Å². The molecule has 1 heterocycles. The number of carbonyl (C=O) groups is 1. The molecule has 6 nitrogen and oxygen atoms in total. The van der Waals surface area contributed by atoms with Gasteiger partial charge < -0.3 is 10.0 Å². The zero-order valence-corrected chi connectivity index (χ0v) is 9.83. The van der Waals surface area contributed by atoms with Gasteiger partial charge in [-0.05, 0) is 31.4 Å². The largest absolute Gasteiger partial charge is 0.502 e. The van der Waals surface area contributed by atoms with Gasteiger partial charge in [-0.15, -0.1) is 0 Å². The second kappa shape index (κ2) is 5.03. The fraction of sp³-hybridized carbons (Fsp3) is 0.417. The minimum Gasteiger partial charge on any atom is -0.502 e. The maximum atomic E-state index is 12.1. The molecule has 1 aliphatic rings. The summed E-state index contributed by atoms with van der Waals surface area (Å²) in [5.74, 6) is -0.650. The SMILES string of the molecule is O=C(c1ccc([N+](=O)[O-])c(O)c1)N1CCCCC1. The third-order valence-electron chi connectivity index (χ3n) is 3.06. The van der Waals surface area contributed by atoms with Gasteiger partial charge in [0.05, 0.1) is 4.92 Å². The zero-order chi connectivity index (χ0) is 13.1. The quantitative estimate of drug-likeness (QED) is 0.642. The average Bonchev–Trinajstić information content (AvgIpc) is 2.38. The first-order valence-corrected chi connectivity index (χ1v) is 5.86. The molecule has 0 bridgehead atoms. The molecule has 1 fully saturated rings. The maximum Gasteiger partial charge on any atom is 0.310 e. The fourth-order valence-electron chi connectivity index (χ4n) is 2.09. The topological polar surface area (TPSA) is 83.7 Å². The molecule has 2 rings (SSSR count). The van der Waals surface area contributed by atoms with Crippen LogP contribution < -0.4 is 0 Å². The Kier molecular flexibility index (Phi) is 3.45. The number of aromatic hydroxyl groups is 1. The van der Waals surface area contributed by atoms with Crippen LogP contribution in [-0.2, 0) is 0 Å². The summed E-state index contributed by atoms with van der Waals surface area (Å²) in [7, 11) is 0. The van der Waals surface area contributed by atoms with E-state index in [2.05, 4.69) is 0 Å². The van der Waals surface area contributed by atoms with Gasteiger partial charge in [0, 0.05) is 24.7 Å². The van der Waals surface area contributed by atoms with Gasteiger partial charge >= 0.3 is 5.69 Å². The van der Waals surface area contributed by atoms with Crippen LogP contribution in [0.3, 0.4) is 0 Å². The predicted octanol–water partition coefficient (Wildman–Crippen LogP) is 1.93. The smallest absolute Gasteiger partial charge is 0.310 e. The molecule has 0 aromatic heterocycles. The highest BCUT2D eigenvalue weighted by Crippen LogP contribution is 2.27. The third-order valence-corrected chi connectivity index (χ3v) is 3.06. The number of carbonyl (C=O) groups excluding carboxylic acids is 1. The molecular weight excluding hydrogens is 236 g/mol. The molecule has 0 radical (unpaired) electrons. The number of nitro benzene ring substituents is 1. The Labute approximate surface area is 104 Å². The highest BCUT2D eigenvalue weighted by atomic mass is 16.6. The van der Waals surface area contributed by atoms with Crippen LogP contribution in [0.5, 0.6) is 5.75 Å². The maximum absolute atomic E-state index is 12.1. The second-order valence-corrected chi connectivity index (χ2v) is 4.31. The summed E-state index contributed by atoms with van der Waals surface area (Å²) in [6.07, 6.45) is 3.07. The number of hydrogen-bond donors (Lipinski definition) is 1. The Hall–Kier alpha value is -2.11. The lowest BCUT2D eigenvalue weighted by molar-refractivity contribution is -0.385. The number of amides is 1. The summed E-state index contributed by atoms with van der Waals surface area (Å²) in [5, 5.41) is 20.1. The van der Waals surface area contributed by atoms with Crippen LogP contribution in [0.15, 0.2) is 18.2 Å². The van der Waals surface area contributed by atoms with Gasteiger partial charge in [-0.2, -0.15) is 0 Å². The van der Waals surface area contributed by atoms with Crippen LogP contribution in [0.1, 0.15) is 29.6 Å². The van der Waals surface area contributed by atoms with Crippen molar-refractivity contribution in [3.63, 3.8) is 0 Å². The van der Waals surface area contributed by atoms with Crippen molar-refractivity contribution < 1.29 is 14.8 Å². The van der Waals surface area contributed by atoms with Crippen LogP contribution >= 0.6 is 0 Å². The van der Waals surface area contributed by atoms with Gasteiger partial charge in [0.1, 0.15) is 0 Å². The van der Waals surface area contributed by atoms with Crippen molar-refractivity contribution in [2.45, 2.75) is 19.3 Å². The normalized spacial score (nSPS) is 15.4. The van der Waals surface area contributed by atoms with E-state index in [1.807, 2.05) is 0 Å². The first-order chi connectivity index (χ1) is 8.59. The van der Waals surface area contributed by atoms with Crippen molar-refractivity contribution in [2.75, 3.05) is 13.1 Å². The summed E-state index contributed by atoms with van der Waals surface area (Å²) in [6.45, 7) is 1.41. The average molecular weight is 250 g/mol. The second-order valence-electron chi connectivity index (χ2n) is 4.31. The zero-order valence-electron chi connectivity index (χ0n) is 9.83. The van der Waals surface area contributed by atoms with E-state index in [0.29, 0.717) is 18.7 Å². The van der Waals surface area contributed by atoms with Crippen molar-refractivity contribution in [3.05, 3.63) is 33.9 Å². The van der Waals surface area contributed by atoms with Gasteiger partial charge in [-0.3, -0.25) is 14.9 Å². The first kappa shape index (κ1) is 12.3. The lowest BCUT2D eigenvalue weighted by Crippen LogP contribution is -2.35. The number of nitro groups is 1. The summed E-state index contributed by atoms with van der Waals surface area (Å²) >= 11 is 0. The van der Waals surface area contributed by atoms with Gasteiger partial charge in [-0.1, -0.05) is 0 Å². The molecule has 1 aliphatic heterocycles. The lowest BCUT2D eigenvalue weighted by atomic mass is 10.1. The standard InChI is InChI=1S/C12H14N2O4/c15-11-8-9(4-5-10(11)14(17)18)12(16)13-6-2-1-3-7-13/h4-5,8,15H,1-3,6-7H2. The van der Waals surface area contributed by atoms with E-state index in [9.17, 15) is 20.0 Å². The molecule has 0 aliphatic carbocycles. The Bertz CT molecular complexity index is 481. The molecule has 18 heavy (non-hydrogen) atoms. The molecule has 0 atom stereocenters.